The fourth-order valence-electron chi connectivity index (χ4n) is 3.85. The molecule has 3 aromatic rings. The van der Waals surface area contributed by atoms with E-state index in [0.29, 0.717) is 22.9 Å². The molecule has 1 aliphatic heterocycles. The predicted molar refractivity (Wildman–Crippen MR) is 115 cm³/mol. The van der Waals surface area contributed by atoms with Crippen LogP contribution in [0.2, 0.25) is 0 Å². The number of nitriles is 1. The van der Waals surface area contributed by atoms with Crippen LogP contribution in [0, 0.1) is 17.2 Å². The summed E-state index contributed by atoms with van der Waals surface area (Å²) < 4.78 is 5.46. The SMILES string of the molecule is C[C@H]1CCCN(c2nc3ccccc3nc2[C@H](C#N)C(=O)OCc2ccccc2)C1. The number of carbonyl (C=O) groups is 1. The van der Waals surface area contributed by atoms with Crippen molar-refractivity contribution in [1.82, 2.24) is 9.97 Å². The number of carbonyl (C=O) groups excluding carboxylic acids is 1. The maximum Gasteiger partial charge on any atom is 0.330 e. The van der Waals surface area contributed by atoms with Gasteiger partial charge in [0.2, 0.25) is 0 Å². The minimum absolute atomic E-state index is 0.120. The molecule has 0 radical (unpaired) electrons. The van der Waals surface area contributed by atoms with Gasteiger partial charge in [-0.25, -0.2) is 9.97 Å². The third-order valence-corrected chi connectivity index (χ3v) is 5.40. The van der Waals surface area contributed by atoms with Crippen molar-refractivity contribution in [2.75, 3.05) is 18.0 Å². The average Bonchev–Trinajstić information content (AvgIpc) is 2.78. The summed E-state index contributed by atoms with van der Waals surface area (Å²) in [6, 6.07) is 19.1. The summed E-state index contributed by atoms with van der Waals surface area (Å²) in [7, 11) is 0. The molecule has 152 valence electrons. The van der Waals surface area contributed by atoms with Crippen molar-refractivity contribution >= 4 is 22.8 Å². The molecule has 1 aliphatic rings. The molecule has 6 heteroatoms. The molecule has 2 aromatic carbocycles. The van der Waals surface area contributed by atoms with Gasteiger partial charge >= 0.3 is 5.97 Å². The van der Waals surface area contributed by atoms with E-state index in [0.717, 1.165) is 37.0 Å². The van der Waals surface area contributed by atoms with Gasteiger partial charge in [-0.3, -0.25) is 4.79 Å². The molecule has 0 amide bonds. The van der Waals surface area contributed by atoms with E-state index < -0.39 is 11.9 Å². The molecule has 0 N–H and O–H groups in total. The van der Waals surface area contributed by atoms with E-state index in [-0.39, 0.29) is 6.61 Å². The Morgan fingerprint density at radius 2 is 1.87 bits per heavy atom. The van der Waals surface area contributed by atoms with Crippen LogP contribution in [0.5, 0.6) is 0 Å². The second kappa shape index (κ2) is 8.91. The first kappa shape index (κ1) is 19.8. The summed E-state index contributed by atoms with van der Waals surface area (Å²) in [4.78, 5) is 24.5. The Morgan fingerprint density at radius 3 is 2.57 bits per heavy atom. The van der Waals surface area contributed by atoms with Gasteiger partial charge in [0, 0.05) is 13.1 Å². The van der Waals surface area contributed by atoms with E-state index in [1.807, 2.05) is 54.6 Å². The van der Waals surface area contributed by atoms with Crippen molar-refractivity contribution in [3.05, 3.63) is 65.9 Å². The smallest absolute Gasteiger partial charge is 0.330 e. The normalized spacial score (nSPS) is 17.3. The molecular weight excluding hydrogens is 376 g/mol. The second-order valence-corrected chi connectivity index (χ2v) is 7.77. The summed E-state index contributed by atoms with van der Waals surface area (Å²) in [5.74, 6) is -0.593. The minimum atomic E-state index is -1.13. The van der Waals surface area contributed by atoms with Crippen LogP contribution in [0.15, 0.2) is 54.6 Å². The largest absolute Gasteiger partial charge is 0.460 e. The Balaban J connectivity index is 1.68. The highest BCUT2D eigenvalue weighted by atomic mass is 16.5. The number of aromatic nitrogens is 2. The second-order valence-electron chi connectivity index (χ2n) is 7.77. The number of hydrogen-bond acceptors (Lipinski definition) is 6. The van der Waals surface area contributed by atoms with E-state index >= 15 is 0 Å². The molecule has 2 atom stereocenters. The lowest BCUT2D eigenvalue weighted by molar-refractivity contribution is -0.145. The third-order valence-electron chi connectivity index (χ3n) is 5.40. The average molecular weight is 400 g/mol. The zero-order chi connectivity index (χ0) is 20.9. The Labute approximate surface area is 176 Å². The highest BCUT2D eigenvalue weighted by molar-refractivity contribution is 5.85. The fraction of sp³-hybridized carbons (Fsp3) is 0.333. The number of nitrogens with zero attached hydrogens (tertiary/aromatic N) is 4. The van der Waals surface area contributed by atoms with Gasteiger partial charge in [-0.05, 0) is 36.5 Å². The van der Waals surface area contributed by atoms with Crippen LogP contribution in [-0.4, -0.2) is 29.0 Å². The molecule has 1 saturated heterocycles. The monoisotopic (exact) mass is 400 g/mol. The van der Waals surface area contributed by atoms with Crippen LogP contribution in [0.1, 0.15) is 36.9 Å². The van der Waals surface area contributed by atoms with Crippen LogP contribution in [0.4, 0.5) is 5.82 Å². The zero-order valence-electron chi connectivity index (χ0n) is 17.0. The van der Waals surface area contributed by atoms with Gasteiger partial charge in [0.05, 0.1) is 17.1 Å². The first-order valence-electron chi connectivity index (χ1n) is 10.3. The highest BCUT2D eigenvalue weighted by Gasteiger charge is 2.31. The molecule has 1 fully saturated rings. The Morgan fingerprint density at radius 1 is 1.17 bits per heavy atom. The number of para-hydroxylation sites is 2. The van der Waals surface area contributed by atoms with Crippen molar-refractivity contribution < 1.29 is 9.53 Å². The highest BCUT2D eigenvalue weighted by Crippen LogP contribution is 2.31. The third kappa shape index (κ3) is 4.25. The molecule has 2 heterocycles. The summed E-state index contributed by atoms with van der Waals surface area (Å²) in [5, 5.41) is 9.86. The van der Waals surface area contributed by atoms with Crippen LogP contribution in [-0.2, 0) is 16.1 Å². The first-order valence-corrected chi connectivity index (χ1v) is 10.3. The van der Waals surface area contributed by atoms with Crippen LogP contribution < -0.4 is 4.90 Å². The van der Waals surface area contributed by atoms with Crippen molar-refractivity contribution in [2.24, 2.45) is 5.92 Å². The van der Waals surface area contributed by atoms with Crippen LogP contribution in [0.3, 0.4) is 0 Å². The predicted octanol–water partition coefficient (Wildman–Crippen LogP) is 4.22. The maximum atomic E-state index is 12.9. The number of hydrogen-bond donors (Lipinski definition) is 0. The lowest BCUT2D eigenvalue weighted by Gasteiger charge is -2.33. The molecule has 0 spiro atoms. The number of rotatable bonds is 5. The van der Waals surface area contributed by atoms with Crippen LogP contribution >= 0.6 is 0 Å². The summed E-state index contributed by atoms with van der Waals surface area (Å²) in [6.45, 7) is 3.99. The number of benzene rings is 2. The Bertz CT molecular complexity index is 1080. The molecule has 0 saturated carbocycles. The van der Waals surface area contributed by atoms with Crippen molar-refractivity contribution in [2.45, 2.75) is 32.3 Å². The molecule has 0 aliphatic carbocycles. The number of anilines is 1. The van der Waals surface area contributed by atoms with Crippen LogP contribution in [0.25, 0.3) is 11.0 Å². The summed E-state index contributed by atoms with van der Waals surface area (Å²) in [6.07, 6.45) is 2.21. The van der Waals surface area contributed by atoms with Gasteiger partial charge in [-0.15, -0.1) is 0 Å². The molecule has 0 unspecified atom stereocenters. The zero-order valence-corrected chi connectivity index (χ0v) is 17.0. The molecule has 6 nitrogen and oxygen atoms in total. The van der Waals surface area contributed by atoms with Crippen molar-refractivity contribution in [3.63, 3.8) is 0 Å². The van der Waals surface area contributed by atoms with E-state index in [1.54, 1.807) is 0 Å². The van der Waals surface area contributed by atoms with E-state index in [2.05, 4.69) is 17.9 Å². The van der Waals surface area contributed by atoms with Gasteiger partial charge in [-0.2, -0.15) is 5.26 Å². The fourth-order valence-corrected chi connectivity index (χ4v) is 3.85. The van der Waals surface area contributed by atoms with Crippen molar-refractivity contribution in [1.29, 1.82) is 5.26 Å². The Hall–Kier alpha value is -3.46. The Kier molecular flexibility index (Phi) is 5.89. The number of piperidine rings is 1. The molecule has 0 bridgehead atoms. The topological polar surface area (TPSA) is 79.1 Å². The van der Waals surface area contributed by atoms with E-state index in [1.165, 1.54) is 0 Å². The lowest BCUT2D eigenvalue weighted by atomic mass is 9.99. The molecule has 1 aromatic heterocycles. The molecular formula is C24H24N4O2. The van der Waals surface area contributed by atoms with Gasteiger partial charge in [0.1, 0.15) is 12.3 Å². The van der Waals surface area contributed by atoms with E-state index in [4.69, 9.17) is 14.7 Å². The first-order chi connectivity index (χ1) is 14.7. The summed E-state index contributed by atoms with van der Waals surface area (Å²) in [5.41, 5.74) is 2.67. The summed E-state index contributed by atoms with van der Waals surface area (Å²) >= 11 is 0. The molecule has 4 rings (SSSR count). The quantitative estimate of drug-likeness (QED) is 0.597. The maximum absolute atomic E-state index is 12.9. The van der Waals surface area contributed by atoms with Gasteiger partial charge in [0.25, 0.3) is 0 Å². The van der Waals surface area contributed by atoms with Gasteiger partial charge < -0.3 is 9.64 Å². The minimum Gasteiger partial charge on any atom is -0.460 e. The number of fused-ring (bicyclic) bond motifs is 1. The molecule has 30 heavy (non-hydrogen) atoms. The van der Waals surface area contributed by atoms with Crippen molar-refractivity contribution in [3.8, 4) is 6.07 Å². The number of ether oxygens (including phenoxy) is 1. The van der Waals surface area contributed by atoms with Gasteiger partial charge in [-0.1, -0.05) is 49.4 Å². The van der Waals surface area contributed by atoms with Gasteiger partial charge in [0.15, 0.2) is 11.7 Å². The lowest BCUT2D eigenvalue weighted by Crippen LogP contribution is -2.36. The standard InChI is InChI=1S/C24H24N4O2/c1-17-8-7-13-28(15-17)23-22(26-20-11-5-6-12-21(20)27-23)19(14-25)24(29)30-16-18-9-3-2-4-10-18/h2-6,9-12,17,19H,7-8,13,15-16H2,1H3/t17-,19-/m0/s1. The van der Waals surface area contributed by atoms with E-state index in [9.17, 15) is 10.1 Å². The number of esters is 1.